The molecule has 138 valence electrons. The van der Waals surface area contributed by atoms with Gasteiger partial charge in [0.2, 0.25) is 5.91 Å². The zero-order valence-corrected chi connectivity index (χ0v) is 15.7. The number of phenolic OH excluding ortho intramolecular Hbond substituents is 1. The number of piperidine rings is 1. The number of aromatic hydroxyl groups is 1. The van der Waals surface area contributed by atoms with Gasteiger partial charge in [0.05, 0.1) is 6.04 Å². The average Bonchev–Trinajstić information content (AvgIpc) is 2.67. The summed E-state index contributed by atoms with van der Waals surface area (Å²) >= 11 is 0. The summed E-state index contributed by atoms with van der Waals surface area (Å²) in [7, 11) is 2.00. The number of hydrogen-bond acceptors (Lipinski definition) is 3. The number of benzene rings is 1. The molecule has 1 atom stereocenters. The van der Waals surface area contributed by atoms with E-state index in [9.17, 15) is 9.90 Å². The molecule has 1 aromatic rings. The van der Waals surface area contributed by atoms with Gasteiger partial charge in [-0.2, -0.15) is 0 Å². The molecule has 1 heterocycles. The van der Waals surface area contributed by atoms with Gasteiger partial charge < -0.3 is 10.0 Å². The Bertz CT molecular complexity index is 558. The van der Waals surface area contributed by atoms with E-state index < -0.39 is 0 Å². The highest BCUT2D eigenvalue weighted by Crippen LogP contribution is 2.30. The zero-order valence-electron chi connectivity index (χ0n) is 15.7. The van der Waals surface area contributed by atoms with E-state index in [1.54, 1.807) is 12.1 Å². The lowest BCUT2D eigenvalue weighted by Crippen LogP contribution is -2.51. The molecule has 0 spiro atoms. The number of hydrogen-bond donors (Lipinski definition) is 1. The molecule has 25 heavy (non-hydrogen) atoms. The lowest BCUT2D eigenvalue weighted by molar-refractivity contribution is -0.138. The lowest BCUT2D eigenvalue weighted by Gasteiger charge is -2.39. The smallest absolute Gasteiger partial charge is 0.239 e. The lowest BCUT2D eigenvalue weighted by atomic mass is 9.88. The summed E-state index contributed by atoms with van der Waals surface area (Å²) in [6, 6.07) is 8.02. The van der Waals surface area contributed by atoms with Crippen LogP contribution in [0.15, 0.2) is 24.3 Å². The maximum absolute atomic E-state index is 12.9. The molecule has 0 bridgehead atoms. The van der Waals surface area contributed by atoms with E-state index in [4.69, 9.17) is 0 Å². The van der Waals surface area contributed by atoms with Crippen molar-refractivity contribution in [1.29, 1.82) is 0 Å². The van der Waals surface area contributed by atoms with Gasteiger partial charge in [0, 0.05) is 13.1 Å². The Kier molecular flexibility index (Phi) is 6.00. The third-order valence-corrected chi connectivity index (χ3v) is 6.27. The first-order chi connectivity index (χ1) is 12.1. The highest BCUT2D eigenvalue weighted by atomic mass is 16.3. The first-order valence-electron chi connectivity index (χ1n) is 9.86. The number of amides is 1. The number of rotatable bonds is 4. The largest absolute Gasteiger partial charge is 0.508 e. The van der Waals surface area contributed by atoms with Gasteiger partial charge in [-0.1, -0.05) is 31.4 Å². The van der Waals surface area contributed by atoms with Crippen LogP contribution in [0.2, 0.25) is 0 Å². The molecule has 1 saturated heterocycles. The third-order valence-electron chi connectivity index (χ3n) is 6.27. The molecule has 0 radical (unpaired) electrons. The van der Waals surface area contributed by atoms with Gasteiger partial charge in [-0.3, -0.25) is 9.69 Å². The normalized spacial score (nSPS) is 21.8. The van der Waals surface area contributed by atoms with Crippen LogP contribution in [-0.2, 0) is 4.79 Å². The van der Waals surface area contributed by atoms with Crippen molar-refractivity contribution in [3.63, 3.8) is 0 Å². The van der Waals surface area contributed by atoms with Gasteiger partial charge in [-0.15, -0.1) is 0 Å². The van der Waals surface area contributed by atoms with E-state index in [2.05, 4.69) is 11.8 Å². The Balaban J connectivity index is 1.52. The molecule has 2 fully saturated rings. The third kappa shape index (κ3) is 4.35. The Hall–Kier alpha value is -1.55. The molecular formula is C21H32N2O2. The predicted octanol–water partition coefficient (Wildman–Crippen LogP) is 3.75. The molecule has 1 aliphatic carbocycles. The minimum Gasteiger partial charge on any atom is -0.508 e. The van der Waals surface area contributed by atoms with Gasteiger partial charge >= 0.3 is 0 Å². The number of phenols is 1. The molecule has 1 amide bonds. The van der Waals surface area contributed by atoms with Crippen LogP contribution in [0.25, 0.3) is 0 Å². The Morgan fingerprint density at radius 1 is 1.08 bits per heavy atom. The van der Waals surface area contributed by atoms with Crippen molar-refractivity contribution in [2.24, 2.45) is 0 Å². The van der Waals surface area contributed by atoms with Gasteiger partial charge in [0.25, 0.3) is 0 Å². The molecule has 4 heteroatoms. The van der Waals surface area contributed by atoms with Crippen LogP contribution < -0.4 is 0 Å². The summed E-state index contributed by atoms with van der Waals surface area (Å²) in [4.78, 5) is 17.3. The Morgan fingerprint density at radius 3 is 2.28 bits per heavy atom. The summed E-state index contributed by atoms with van der Waals surface area (Å²) in [5, 5.41) is 9.44. The van der Waals surface area contributed by atoms with E-state index >= 15 is 0 Å². The van der Waals surface area contributed by atoms with Crippen LogP contribution in [0.4, 0.5) is 0 Å². The highest BCUT2D eigenvalue weighted by molar-refractivity contribution is 5.81. The summed E-state index contributed by atoms with van der Waals surface area (Å²) in [5.74, 6) is 1.15. The molecule has 1 aliphatic heterocycles. The van der Waals surface area contributed by atoms with E-state index in [0.29, 0.717) is 17.7 Å². The second kappa shape index (κ2) is 8.22. The molecular weight excluding hydrogens is 312 g/mol. The molecule has 4 nitrogen and oxygen atoms in total. The van der Waals surface area contributed by atoms with Crippen LogP contribution >= 0.6 is 0 Å². The van der Waals surface area contributed by atoms with Gasteiger partial charge in [0.15, 0.2) is 0 Å². The van der Waals surface area contributed by atoms with Crippen molar-refractivity contribution in [3.8, 4) is 5.75 Å². The molecule has 1 aromatic carbocycles. The molecule has 2 aliphatic rings. The van der Waals surface area contributed by atoms with Crippen molar-refractivity contribution < 1.29 is 9.90 Å². The fourth-order valence-corrected chi connectivity index (χ4v) is 4.47. The minimum absolute atomic E-state index is 0.0207. The van der Waals surface area contributed by atoms with Crippen molar-refractivity contribution in [1.82, 2.24) is 9.80 Å². The van der Waals surface area contributed by atoms with E-state index in [-0.39, 0.29) is 11.9 Å². The van der Waals surface area contributed by atoms with E-state index in [0.717, 1.165) is 38.8 Å². The fraction of sp³-hybridized carbons (Fsp3) is 0.667. The monoisotopic (exact) mass is 344 g/mol. The van der Waals surface area contributed by atoms with Crippen molar-refractivity contribution in [2.45, 2.75) is 69.9 Å². The van der Waals surface area contributed by atoms with E-state index in [1.807, 2.05) is 24.1 Å². The Labute approximate surface area is 151 Å². The van der Waals surface area contributed by atoms with Crippen molar-refractivity contribution in [2.75, 3.05) is 20.1 Å². The van der Waals surface area contributed by atoms with Crippen LogP contribution in [-0.4, -0.2) is 53.0 Å². The summed E-state index contributed by atoms with van der Waals surface area (Å²) in [6.07, 6.45) is 8.32. The summed E-state index contributed by atoms with van der Waals surface area (Å²) in [5.41, 5.74) is 1.30. The van der Waals surface area contributed by atoms with E-state index in [1.165, 1.54) is 24.8 Å². The standard InChI is InChI=1S/C21H32N2O2/c1-16(21(25)22(2)19-6-4-3-5-7-19)23-14-12-18(13-15-23)17-8-10-20(24)11-9-17/h8-11,16,18-19,24H,3-7,12-15H2,1-2H3. The van der Waals surface area contributed by atoms with Crippen molar-refractivity contribution >= 4 is 5.91 Å². The molecule has 3 rings (SSSR count). The first kappa shape index (κ1) is 18.2. The second-order valence-electron chi connectivity index (χ2n) is 7.82. The fourth-order valence-electron chi connectivity index (χ4n) is 4.47. The molecule has 1 unspecified atom stereocenters. The predicted molar refractivity (Wildman–Crippen MR) is 101 cm³/mol. The maximum Gasteiger partial charge on any atom is 0.239 e. The van der Waals surface area contributed by atoms with Crippen LogP contribution in [0, 0.1) is 0 Å². The first-order valence-corrected chi connectivity index (χ1v) is 9.86. The van der Waals surface area contributed by atoms with Gasteiger partial charge in [-0.25, -0.2) is 0 Å². The van der Waals surface area contributed by atoms with Crippen LogP contribution in [0.1, 0.15) is 63.4 Å². The zero-order chi connectivity index (χ0) is 17.8. The summed E-state index contributed by atoms with van der Waals surface area (Å²) < 4.78 is 0. The molecule has 1 N–H and O–H groups in total. The number of likely N-dealkylation sites (N-methyl/N-ethyl adjacent to an activating group) is 1. The maximum atomic E-state index is 12.9. The van der Waals surface area contributed by atoms with Gasteiger partial charge in [-0.05, 0) is 69.3 Å². The minimum atomic E-state index is -0.0207. The number of carbonyl (C=O) groups is 1. The number of nitrogens with zero attached hydrogens (tertiary/aromatic N) is 2. The van der Waals surface area contributed by atoms with Gasteiger partial charge in [0.1, 0.15) is 5.75 Å². The number of carbonyl (C=O) groups excluding carboxylic acids is 1. The summed E-state index contributed by atoms with van der Waals surface area (Å²) in [6.45, 7) is 4.01. The topological polar surface area (TPSA) is 43.8 Å². The van der Waals surface area contributed by atoms with Crippen LogP contribution in [0.3, 0.4) is 0 Å². The van der Waals surface area contributed by atoms with Crippen LogP contribution in [0.5, 0.6) is 5.75 Å². The molecule has 0 aromatic heterocycles. The highest BCUT2D eigenvalue weighted by Gasteiger charge is 2.31. The number of likely N-dealkylation sites (tertiary alicyclic amines) is 1. The Morgan fingerprint density at radius 2 is 1.68 bits per heavy atom. The SMILES string of the molecule is CC(C(=O)N(C)C1CCCCC1)N1CCC(c2ccc(O)cc2)CC1. The second-order valence-corrected chi connectivity index (χ2v) is 7.82. The van der Waals surface area contributed by atoms with Crippen molar-refractivity contribution in [3.05, 3.63) is 29.8 Å². The quantitative estimate of drug-likeness (QED) is 0.905. The molecule has 1 saturated carbocycles. The average molecular weight is 344 g/mol.